The van der Waals surface area contributed by atoms with E-state index >= 15 is 0 Å². The van der Waals surface area contributed by atoms with Gasteiger partial charge >= 0.3 is 0 Å². The molecule has 0 aromatic carbocycles. The molecule has 1 unspecified atom stereocenters. The van der Waals surface area contributed by atoms with Crippen LogP contribution in [0.15, 0.2) is 12.4 Å². The van der Waals surface area contributed by atoms with Crippen LogP contribution in [0.3, 0.4) is 0 Å². The molecule has 0 aliphatic carbocycles. The number of aryl methyl sites for hydroxylation is 1. The van der Waals surface area contributed by atoms with Crippen LogP contribution in [0.4, 0.5) is 5.82 Å². The van der Waals surface area contributed by atoms with Crippen molar-refractivity contribution < 1.29 is 0 Å². The van der Waals surface area contributed by atoms with E-state index in [1.807, 2.05) is 0 Å². The summed E-state index contributed by atoms with van der Waals surface area (Å²) in [6, 6.07) is 2.66. The van der Waals surface area contributed by atoms with Crippen molar-refractivity contribution in [3.63, 3.8) is 0 Å². The van der Waals surface area contributed by atoms with Gasteiger partial charge in [0.2, 0.25) is 0 Å². The maximum Gasteiger partial charge on any atom is 0.141 e. The molecule has 3 heterocycles. The minimum Gasteiger partial charge on any atom is -0.352 e. The van der Waals surface area contributed by atoms with Crippen LogP contribution in [-0.2, 0) is 6.42 Å². The molecule has 0 amide bonds. The molecule has 2 aromatic heterocycles. The van der Waals surface area contributed by atoms with Crippen molar-refractivity contribution in [2.24, 2.45) is 0 Å². The lowest BCUT2D eigenvalue weighted by molar-refractivity contribution is 0.485. The molecule has 1 atom stereocenters. The Balaban J connectivity index is 2.05. The highest BCUT2D eigenvalue weighted by molar-refractivity contribution is 7.18. The molecule has 2 aromatic rings. The highest BCUT2D eigenvalue weighted by Crippen LogP contribution is 2.33. The third-order valence-corrected chi connectivity index (χ3v) is 5.33. The molecular formula is C14H18ClN3S. The summed E-state index contributed by atoms with van der Waals surface area (Å²) in [5.41, 5.74) is 0. The van der Waals surface area contributed by atoms with Gasteiger partial charge in [-0.2, -0.15) is 0 Å². The number of hydrogen-bond acceptors (Lipinski definition) is 4. The number of halogens is 1. The number of aromatic nitrogens is 2. The smallest absolute Gasteiger partial charge is 0.141 e. The first kappa shape index (κ1) is 13.1. The highest BCUT2D eigenvalue weighted by atomic mass is 35.5. The van der Waals surface area contributed by atoms with Crippen molar-refractivity contribution in [1.29, 1.82) is 0 Å². The summed E-state index contributed by atoms with van der Waals surface area (Å²) in [7, 11) is 0. The Bertz CT molecular complexity index is 569. The predicted molar refractivity (Wildman–Crippen MR) is 82.5 cm³/mol. The van der Waals surface area contributed by atoms with Crippen LogP contribution < -0.4 is 4.90 Å². The average Bonchev–Trinajstić information content (AvgIpc) is 2.90. The topological polar surface area (TPSA) is 29.0 Å². The SMILES string of the molecule is CCc1cc2c(N3CCCCC3CCl)ncnc2s1. The van der Waals surface area contributed by atoms with E-state index in [2.05, 4.69) is 27.9 Å². The van der Waals surface area contributed by atoms with Gasteiger partial charge in [-0.05, 0) is 31.7 Å². The summed E-state index contributed by atoms with van der Waals surface area (Å²) in [4.78, 5) is 13.8. The van der Waals surface area contributed by atoms with Crippen molar-refractivity contribution in [3.8, 4) is 0 Å². The van der Waals surface area contributed by atoms with Crippen molar-refractivity contribution in [2.45, 2.75) is 38.6 Å². The van der Waals surface area contributed by atoms with E-state index < -0.39 is 0 Å². The second-order valence-corrected chi connectivity index (χ2v) is 6.40. The van der Waals surface area contributed by atoms with Crippen LogP contribution in [0.5, 0.6) is 0 Å². The van der Waals surface area contributed by atoms with Gasteiger partial charge in [0.15, 0.2) is 0 Å². The minimum atomic E-state index is 0.415. The Hall–Kier alpha value is -0.870. The van der Waals surface area contributed by atoms with E-state index in [4.69, 9.17) is 11.6 Å². The normalized spacial score (nSPS) is 20.1. The molecule has 0 saturated carbocycles. The van der Waals surface area contributed by atoms with Gasteiger partial charge < -0.3 is 4.90 Å². The molecule has 0 bridgehead atoms. The standard InChI is InChI=1S/C14H18ClN3S/c1-2-11-7-12-13(16-9-17-14(12)19-11)18-6-4-3-5-10(18)8-15/h7,9-10H,2-6,8H2,1H3. The second-order valence-electron chi connectivity index (χ2n) is 4.98. The summed E-state index contributed by atoms with van der Waals surface area (Å²) >= 11 is 7.90. The lowest BCUT2D eigenvalue weighted by Gasteiger charge is -2.35. The van der Waals surface area contributed by atoms with Gasteiger partial charge in [0.1, 0.15) is 17.0 Å². The van der Waals surface area contributed by atoms with E-state index in [0.29, 0.717) is 11.9 Å². The number of anilines is 1. The number of rotatable bonds is 3. The average molecular weight is 296 g/mol. The number of piperidine rings is 1. The van der Waals surface area contributed by atoms with E-state index in [-0.39, 0.29) is 0 Å². The van der Waals surface area contributed by atoms with Crippen molar-refractivity contribution in [2.75, 3.05) is 17.3 Å². The van der Waals surface area contributed by atoms with Crippen LogP contribution in [0.25, 0.3) is 10.2 Å². The van der Waals surface area contributed by atoms with Gasteiger partial charge in [0.05, 0.1) is 5.39 Å². The third-order valence-electron chi connectivity index (χ3n) is 3.79. The number of thiophene rings is 1. The predicted octanol–water partition coefficient (Wildman–Crippen LogP) is 3.85. The Labute approximate surface area is 122 Å². The van der Waals surface area contributed by atoms with Crippen LogP contribution >= 0.6 is 22.9 Å². The van der Waals surface area contributed by atoms with Gasteiger partial charge in [-0.1, -0.05) is 6.92 Å². The first-order valence-corrected chi connectivity index (χ1v) is 8.24. The molecule has 102 valence electrons. The van der Waals surface area contributed by atoms with Crippen LogP contribution in [0.1, 0.15) is 31.1 Å². The third kappa shape index (κ3) is 2.43. The lowest BCUT2D eigenvalue weighted by atomic mass is 10.0. The Morgan fingerprint density at radius 2 is 2.32 bits per heavy atom. The fourth-order valence-corrected chi connectivity index (χ4v) is 3.99. The number of alkyl halides is 1. The quantitative estimate of drug-likeness (QED) is 0.805. The number of fused-ring (bicyclic) bond motifs is 1. The summed E-state index contributed by atoms with van der Waals surface area (Å²) in [6.07, 6.45) is 6.41. The summed E-state index contributed by atoms with van der Waals surface area (Å²) in [6.45, 7) is 3.24. The molecule has 0 N–H and O–H groups in total. The Morgan fingerprint density at radius 1 is 1.42 bits per heavy atom. The van der Waals surface area contributed by atoms with Crippen LogP contribution in [-0.4, -0.2) is 28.4 Å². The molecule has 0 radical (unpaired) electrons. The zero-order valence-electron chi connectivity index (χ0n) is 11.1. The van der Waals surface area contributed by atoms with Gasteiger partial charge in [-0.3, -0.25) is 0 Å². The van der Waals surface area contributed by atoms with Gasteiger partial charge in [-0.15, -0.1) is 22.9 Å². The number of nitrogens with zero attached hydrogens (tertiary/aromatic N) is 3. The molecule has 19 heavy (non-hydrogen) atoms. The maximum absolute atomic E-state index is 6.13. The molecule has 1 saturated heterocycles. The Morgan fingerprint density at radius 3 is 3.11 bits per heavy atom. The lowest BCUT2D eigenvalue weighted by Crippen LogP contribution is -2.41. The summed E-state index contributed by atoms with van der Waals surface area (Å²) in [5, 5.41) is 1.20. The first-order chi connectivity index (χ1) is 9.33. The Kier molecular flexibility index (Phi) is 3.89. The fourth-order valence-electron chi connectivity index (χ4n) is 2.74. The van der Waals surface area contributed by atoms with Crippen molar-refractivity contribution >= 4 is 39.0 Å². The van der Waals surface area contributed by atoms with Crippen LogP contribution in [0.2, 0.25) is 0 Å². The monoisotopic (exact) mass is 295 g/mol. The largest absolute Gasteiger partial charge is 0.352 e. The van der Waals surface area contributed by atoms with Crippen LogP contribution in [0, 0.1) is 0 Å². The van der Waals surface area contributed by atoms with Gasteiger partial charge in [0.25, 0.3) is 0 Å². The van der Waals surface area contributed by atoms with E-state index in [1.165, 1.54) is 29.5 Å². The molecule has 5 heteroatoms. The summed E-state index contributed by atoms with van der Waals surface area (Å²) < 4.78 is 0. The molecule has 3 rings (SSSR count). The highest BCUT2D eigenvalue weighted by Gasteiger charge is 2.24. The molecule has 1 aliphatic heterocycles. The van der Waals surface area contributed by atoms with Crippen molar-refractivity contribution in [1.82, 2.24) is 9.97 Å². The van der Waals surface area contributed by atoms with E-state index in [0.717, 1.165) is 23.6 Å². The van der Waals surface area contributed by atoms with Gasteiger partial charge in [-0.25, -0.2) is 9.97 Å². The molecule has 3 nitrogen and oxygen atoms in total. The maximum atomic E-state index is 6.13. The first-order valence-electron chi connectivity index (χ1n) is 6.89. The van der Waals surface area contributed by atoms with E-state index in [1.54, 1.807) is 17.7 Å². The zero-order valence-corrected chi connectivity index (χ0v) is 12.7. The second kappa shape index (κ2) is 5.63. The number of hydrogen-bond donors (Lipinski definition) is 0. The molecular weight excluding hydrogens is 278 g/mol. The minimum absolute atomic E-state index is 0.415. The van der Waals surface area contributed by atoms with E-state index in [9.17, 15) is 0 Å². The molecule has 1 fully saturated rings. The van der Waals surface area contributed by atoms with Gasteiger partial charge in [0, 0.05) is 23.3 Å². The summed E-state index contributed by atoms with van der Waals surface area (Å²) in [5.74, 6) is 1.75. The molecule has 1 aliphatic rings. The fraction of sp³-hybridized carbons (Fsp3) is 0.571. The molecule has 0 spiro atoms. The van der Waals surface area contributed by atoms with Crippen molar-refractivity contribution in [3.05, 3.63) is 17.3 Å². The zero-order chi connectivity index (χ0) is 13.2.